The normalized spacial score (nSPS) is 29.2. The van der Waals surface area contributed by atoms with Gasteiger partial charge in [0.25, 0.3) is 0 Å². The molecule has 1 N–H and O–H groups in total. The van der Waals surface area contributed by atoms with Gasteiger partial charge in [0.1, 0.15) is 0 Å². The standard InChI is InChI=1S/C13H28N2O/c1-5-8-14-10-12(2)15-9-6-7-13(3,11-15)16-4/h12,14H,5-11H2,1-4H3. The van der Waals surface area contributed by atoms with Crippen molar-refractivity contribution in [3.63, 3.8) is 0 Å². The zero-order chi connectivity index (χ0) is 12.0. The van der Waals surface area contributed by atoms with Crippen LogP contribution in [0.4, 0.5) is 0 Å². The average molecular weight is 228 g/mol. The summed E-state index contributed by atoms with van der Waals surface area (Å²) in [6.07, 6.45) is 3.65. The minimum atomic E-state index is 0.0667. The molecule has 1 fully saturated rings. The van der Waals surface area contributed by atoms with Gasteiger partial charge in [0.05, 0.1) is 5.60 Å². The van der Waals surface area contributed by atoms with E-state index in [9.17, 15) is 0 Å². The van der Waals surface area contributed by atoms with Crippen molar-refractivity contribution < 1.29 is 4.74 Å². The Morgan fingerprint density at radius 2 is 2.25 bits per heavy atom. The SMILES string of the molecule is CCCNCC(C)N1CCCC(C)(OC)C1. The van der Waals surface area contributed by atoms with Crippen molar-refractivity contribution in [3.05, 3.63) is 0 Å². The summed E-state index contributed by atoms with van der Waals surface area (Å²) in [5, 5.41) is 3.50. The van der Waals surface area contributed by atoms with Gasteiger partial charge in [-0.3, -0.25) is 4.90 Å². The molecule has 0 bridgehead atoms. The lowest BCUT2D eigenvalue weighted by Crippen LogP contribution is -2.52. The number of likely N-dealkylation sites (tertiary alicyclic amines) is 1. The number of nitrogens with one attached hydrogen (secondary N) is 1. The molecule has 16 heavy (non-hydrogen) atoms. The lowest BCUT2D eigenvalue weighted by molar-refractivity contribution is -0.0592. The van der Waals surface area contributed by atoms with Gasteiger partial charge in [0.2, 0.25) is 0 Å². The van der Waals surface area contributed by atoms with Crippen molar-refractivity contribution in [1.82, 2.24) is 10.2 Å². The van der Waals surface area contributed by atoms with E-state index in [1.165, 1.54) is 25.8 Å². The quantitative estimate of drug-likeness (QED) is 0.703. The third kappa shape index (κ3) is 4.04. The first-order chi connectivity index (χ1) is 7.61. The molecule has 2 atom stereocenters. The summed E-state index contributed by atoms with van der Waals surface area (Å²) in [6.45, 7) is 11.2. The van der Waals surface area contributed by atoms with Gasteiger partial charge in [-0.2, -0.15) is 0 Å². The third-order valence-electron chi connectivity index (χ3n) is 3.67. The molecule has 3 nitrogen and oxygen atoms in total. The van der Waals surface area contributed by atoms with Gasteiger partial charge >= 0.3 is 0 Å². The predicted molar refractivity (Wildman–Crippen MR) is 68.8 cm³/mol. The fourth-order valence-corrected chi connectivity index (χ4v) is 2.40. The van der Waals surface area contributed by atoms with Crippen LogP contribution in [-0.4, -0.2) is 49.8 Å². The van der Waals surface area contributed by atoms with Crippen molar-refractivity contribution in [3.8, 4) is 0 Å². The Kier molecular flexibility index (Phi) is 5.73. The number of nitrogens with zero attached hydrogens (tertiary/aromatic N) is 1. The number of piperidine rings is 1. The highest BCUT2D eigenvalue weighted by molar-refractivity contribution is 4.87. The first kappa shape index (κ1) is 13.9. The second kappa shape index (κ2) is 6.58. The van der Waals surface area contributed by atoms with E-state index in [2.05, 4.69) is 31.0 Å². The number of methoxy groups -OCH3 is 1. The molecule has 2 unspecified atom stereocenters. The number of hydrogen-bond acceptors (Lipinski definition) is 3. The minimum absolute atomic E-state index is 0.0667. The molecular formula is C13H28N2O. The largest absolute Gasteiger partial charge is 0.377 e. The molecule has 3 heteroatoms. The van der Waals surface area contributed by atoms with E-state index >= 15 is 0 Å². The first-order valence-corrected chi connectivity index (χ1v) is 6.61. The summed E-state index contributed by atoms with van der Waals surface area (Å²) in [4.78, 5) is 2.55. The van der Waals surface area contributed by atoms with Gasteiger partial charge in [-0.25, -0.2) is 0 Å². The Labute approximate surface area is 101 Å². The monoisotopic (exact) mass is 228 g/mol. The van der Waals surface area contributed by atoms with E-state index in [0.717, 1.165) is 19.6 Å². The van der Waals surface area contributed by atoms with Crippen LogP contribution in [0.5, 0.6) is 0 Å². The van der Waals surface area contributed by atoms with Gasteiger partial charge in [0.15, 0.2) is 0 Å². The molecule has 1 heterocycles. The molecular weight excluding hydrogens is 200 g/mol. The zero-order valence-corrected chi connectivity index (χ0v) is 11.4. The Morgan fingerprint density at radius 3 is 2.88 bits per heavy atom. The van der Waals surface area contributed by atoms with Crippen LogP contribution in [0.1, 0.15) is 40.0 Å². The van der Waals surface area contributed by atoms with Crippen LogP contribution >= 0.6 is 0 Å². The molecule has 1 saturated heterocycles. The van der Waals surface area contributed by atoms with E-state index < -0.39 is 0 Å². The summed E-state index contributed by atoms with van der Waals surface area (Å²) in [6, 6.07) is 0.612. The topological polar surface area (TPSA) is 24.5 Å². The fraction of sp³-hybridized carbons (Fsp3) is 1.00. The lowest BCUT2D eigenvalue weighted by Gasteiger charge is -2.42. The Hall–Kier alpha value is -0.120. The van der Waals surface area contributed by atoms with Crippen molar-refractivity contribution in [1.29, 1.82) is 0 Å². The molecule has 0 aromatic rings. The van der Waals surface area contributed by atoms with Crippen LogP contribution in [0.2, 0.25) is 0 Å². The van der Waals surface area contributed by atoms with Gasteiger partial charge in [-0.05, 0) is 46.2 Å². The number of hydrogen-bond donors (Lipinski definition) is 1. The second-order valence-corrected chi connectivity index (χ2v) is 5.28. The summed E-state index contributed by atoms with van der Waals surface area (Å²) in [5.74, 6) is 0. The van der Waals surface area contributed by atoms with Crippen LogP contribution in [-0.2, 0) is 4.74 Å². The summed E-state index contributed by atoms with van der Waals surface area (Å²) in [5.41, 5.74) is 0.0667. The first-order valence-electron chi connectivity index (χ1n) is 6.61. The van der Waals surface area contributed by atoms with Crippen molar-refractivity contribution in [2.75, 3.05) is 33.3 Å². The third-order valence-corrected chi connectivity index (χ3v) is 3.67. The van der Waals surface area contributed by atoms with E-state index in [1.807, 2.05) is 7.11 Å². The number of ether oxygens (including phenoxy) is 1. The maximum atomic E-state index is 5.62. The smallest absolute Gasteiger partial charge is 0.0777 e. The van der Waals surface area contributed by atoms with Gasteiger partial charge in [-0.1, -0.05) is 6.92 Å². The van der Waals surface area contributed by atoms with Crippen molar-refractivity contribution in [2.45, 2.75) is 51.7 Å². The van der Waals surface area contributed by atoms with Crippen LogP contribution in [0.3, 0.4) is 0 Å². The van der Waals surface area contributed by atoms with Gasteiger partial charge in [-0.15, -0.1) is 0 Å². The highest BCUT2D eigenvalue weighted by Gasteiger charge is 2.32. The van der Waals surface area contributed by atoms with Gasteiger partial charge in [0, 0.05) is 26.2 Å². The van der Waals surface area contributed by atoms with Crippen molar-refractivity contribution in [2.24, 2.45) is 0 Å². The van der Waals surface area contributed by atoms with Crippen molar-refractivity contribution >= 4 is 0 Å². The molecule has 96 valence electrons. The molecule has 1 aliphatic heterocycles. The predicted octanol–water partition coefficient (Wildman–Crippen LogP) is 1.88. The van der Waals surface area contributed by atoms with E-state index in [-0.39, 0.29) is 5.60 Å². The lowest BCUT2D eigenvalue weighted by atomic mass is 9.94. The Morgan fingerprint density at radius 1 is 1.50 bits per heavy atom. The molecule has 0 aliphatic carbocycles. The van der Waals surface area contributed by atoms with Crippen LogP contribution < -0.4 is 5.32 Å². The second-order valence-electron chi connectivity index (χ2n) is 5.28. The van der Waals surface area contributed by atoms with Crippen LogP contribution in [0.25, 0.3) is 0 Å². The molecule has 1 aliphatic rings. The van der Waals surface area contributed by atoms with E-state index in [1.54, 1.807) is 0 Å². The molecule has 0 aromatic carbocycles. The maximum Gasteiger partial charge on any atom is 0.0777 e. The Bertz CT molecular complexity index is 198. The molecule has 0 saturated carbocycles. The molecule has 0 spiro atoms. The number of rotatable bonds is 6. The van der Waals surface area contributed by atoms with Gasteiger partial charge < -0.3 is 10.1 Å². The van der Waals surface area contributed by atoms with E-state index in [0.29, 0.717) is 6.04 Å². The molecule has 0 amide bonds. The molecule has 0 radical (unpaired) electrons. The average Bonchev–Trinajstić information content (AvgIpc) is 2.29. The molecule has 0 aromatic heterocycles. The summed E-state index contributed by atoms with van der Waals surface area (Å²) in [7, 11) is 1.84. The summed E-state index contributed by atoms with van der Waals surface area (Å²) >= 11 is 0. The maximum absolute atomic E-state index is 5.62. The molecule has 1 rings (SSSR count). The highest BCUT2D eigenvalue weighted by Crippen LogP contribution is 2.24. The van der Waals surface area contributed by atoms with Crippen LogP contribution in [0, 0.1) is 0 Å². The Balaban J connectivity index is 2.35. The highest BCUT2D eigenvalue weighted by atomic mass is 16.5. The minimum Gasteiger partial charge on any atom is -0.377 e. The van der Waals surface area contributed by atoms with E-state index in [4.69, 9.17) is 4.74 Å². The fourth-order valence-electron chi connectivity index (χ4n) is 2.40. The van der Waals surface area contributed by atoms with Crippen LogP contribution in [0.15, 0.2) is 0 Å². The zero-order valence-electron chi connectivity index (χ0n) is 11.4. The summed E-state index contributed by atoms with van der Waals surface area (Å²) < 4.78 is 5.62.